The third-order valence-corrected chi connectivity index (χ3v) is 6.05. The van der Waals surface area contributed by atoms with Gasteiger partial charge in [0.1, 0.15) is 0 Å². The predicted molar refractivity (Wildman–Crippen MR) is 120 cm³/mol. The minimum absolute atomic E-state index is 0.681. The van der Waals surface area contributed by atoms with E-state index in [1.165, 1.54) is 11.1 Å². The van der Waals surface area contributed by atoms with Crippen molar-refractivity contribution in [2.24, 2.45) is 0 Å². The lowest BCUT2D eigenvalue weighted by molar-refractivity contribution is 0.885. The van der Waals surface area contributed by atoms with Gasteiger partial charge in [0, 0.05) is 26.5 Å². The number of aryl methyl sites for hydroxylation is 1. The highest BCUT2D eigenvalue weighted by molar-refractivity contribution is 9.10. The lowest BCUT2D eigenvalue weighted by Gasteiger charge is -2.11. The average Bonchev–Trinajstić information content (AvgIpc) is 3.12. The molecule has 0 saturated carbocycles. The number of hydrogen-bond acceptors (Lipinski definition) is 3. The lowest BCUT2D eigenvalue weighted by atomic mass is 10.2. The van der Waals surface area contributed by atoms with Gasteiger partial charge in [-0.05, 0) is 48.9 Å². The van der Waals surface area contributed by atoms with Crippen LogP contribution in [0.4, 0.5) is 0 Å². The fourth-order valence-electron chi connectivity index (χ4n) is 2.83. The van der Waals surface area contributed by atoms with Crippen molar-refractivity contribution >= 4 is 39.3 Å². The van der Waals surface area contributed by atoms with Crippen LogP contribution >= 0.6 is 39.3 Å². The minimum atomic E-state index is 0.681. The van der Waals surface area contributed by atoms with Gasteiger partial charge in [-0.15, -0.1) is 10.2 Å². The molecule has 0 N–H and O–H groups in total. The van der Waals surface area contributed by atoms with Crippen molar-refractivity contribution in [1.82, 2.24) is 14.8 Å². The van der Waals surface area contributed by atoms with E-state index in [4.69, 9.17) is 11.6 Å². The first kappa shape index (κ1) is 19.2. The van der Waals surface area contributed by atoms with E-state index in [0.717, 1.165) is 32.5 Å². The van der Waals surface area contributed by atoms with E-state index < -0.39 is 0 Å². The summed E-state index contributed by atoms with van der Waals surface area (Å²) in [5, 5.41) is 10.5. The zero-order valence-electron chi connectivity index (χ0n) is 15.1. The summed E-state index contributed by atoms with van der Waals surface area (Å²) in [6.45, 7) is 2.08. The molecule has 140 valence electrons. The number of thioether (sulfide) groups is 1. The van der Waals surface area contributed by atoms with E-state index >= 15 is 0 Å². The van der Waals surface area contributed by atoms with E-state index in [0.29, 0.717) is 5.02 Å². The third kappa shape index (κ3) is 4.32. The molecule has 0 atom stereocenters. The molecule has 0 amide bonds. The highest BCUT2D eigenvalue weighted by Gasteiger charge is 2.16. The van der Waals surface area contributed by atoms with Crippen LogP contribution in [0.15, 0.2) is 82.4 Å². The zero-order chi connectivity index (χ0) is 19.5. The molecule has 0 saturated heterocycles. The molecule has 0 aliphatic rings. The molecular weight excluding hydrogens is 454 g/mol. The van der Waals surface area contributed by atoms with Crippen molar-refractivity contribution in [2.75, 3.05) is 0 Å². The predicted octanol–water partition coefficient (Wildman–Crippen LogP) is 6.95. The van der Waals surface area contributed by atoms with Gasteiger partial charge < -0.3 is 0 Å². The van der Waals surface area contributed by atoms with Crippen molar-refractivity contribution < 1.29 is 0 Å². The molecule has 1 heterocycles. The first-order valence-electron chi connectivity index (χ1n) is 8.76. The first-order valence-corrected chi connectivity index (χ1v) is 10.9. The summed E-state index contributed by atoms with van der Waals surface area (Å²) < 4.78 is 3.17. The van der Waals surface area contributed by atoms with Crippen molar-refractivity contribution in [3.05, 3.63) is 93.4 Å². The molecule has 4 aromatic rings. The van der Waals surface area contributed by atoms with E-state index in [1.54, 1.807) is 11.8 Å². The fraction of sp³-hybridized carbons (Fsp3) is 0.0909. The number of halogens is 2. The highest BCUT2D eigenvalue weighted by atomic mass is 79.9. The normalized spacial score (nSPS) is 11.0. The number of aromatic nitrogens is 3. The summed E-state index contributed by atoms with van der Waals surface area (Å²) in [6.07, 6.45) is 0. The van der Waals surface area contributed by atoms with Crippen molar-refractivity contribution in [1.29, 1.82) is 0 Å². The van der Waals surface area contributed by atoms with Crippen molar-refractivity contribution in [3.8, 4) is 17.1 Å². The van der Waals surface area contributed by atoms with Crippen LogP contribution in [0.1, 0.15) is 11.1 Å². The molecule has 28 heavy (non-hydrogen) atoms. The standard InChI is InChI=1S/C22H17BrClN3S/c1-15-5-11-20(12-6-15)27-21(17-3-2-4-19(24)13-17)25-26-22(27)28-14-16-7-9-18(23)10-8-16/h2-13H,14H2,1H3. The Hall–Kier alpha value is -2.08. The monoisotopic (exact) mass is 469 g/mol. The number of benzene rings is 3. The van der Waals surface area contributed by atoms with Crippen LogP contribution < -0.4 is 0 Å². The Bertz CT molecular complexity index is 1090. The smallest absolute Gasteiger partial charge is 0.196 e. The van der Waals surface area contributed by atoms with Crippen LogP contribution in [0.3, 0.4) is 0 Å². The van der Waals surface area contributed by atoms with Gasteiger partial charge in [0.05, 0.1) is 0 Å². The second kappa shape index (κ2) is 8.52. The molecule has 0 aliphatic carbocycles. The summed E-state index contributed by atoms with van der Waals surface area (Å²) >= 11 is 11.4. The molecule has 3 nitrogen and oxygen atoms in total. The third-order valence-electron chi connectivity index (χ3n) is 4.29. The summed E-state index contributed by atoms with van der Waals surface area (Å²) in [4.78, 5) is 0. The van der Waals surface area contributed by atoms with Gasteiger partial charge in [-0.3, -0.25) is 4.57 Å². The quantitative estimate of drug-likeness (QED) is 0.296. The summed E-state index contributed by atoms with van der Waals surface area (Å²) in [6, 6.07) is 24.4. The molecule has 0 radical (unpaired) electrons. The van der Waals surface area contributed by atoms with Crippen molar-refractivity contribution in [2.45, 2.75) is 17.8 Å². The van der Waals surface area contributed by atoms with Gasteiger partial charge in [-0.25, -0.2) is 0 Å². The molecule has 0 fully saturated rings. The fourth-order valence-corrected chi connectivity index (χ4v) is 4.20. The van der Waals surface area contributed by atoms with Crippen LogP contribution in [0, 0.1) is 6.92 Å². The zero-order valence-corrected chi connectivity index (χ0v) is 18.3. The molecular formula is C22H17BrClN3S. The number of nitrogens with zero attached hydrogens (tertiary/aromatic N) is 3. The van der Waals surface area contributed by atoms with Crippen LogP contribution in [-0.4, -0.2) is 14.8 Å². The number of hydrogen-bond donors (Lipinski definition) is 0. The molecule has 0 aliphatic heterocycles. The van der Waals surface area contributed by atoms with Crippen LogP contribution in [-0.2, 0) is 5.75 Å². The first-order chi connectivity index (χ1) is 13.6. The van der Waals surface area contributed by atoms with E-state index in [9.17, 15) is 0 Å². The Kier molecular flexibility index (Phi) is 5.85. The van der Waals surface area contributed by atoms with Gasteiger partial charge in [0.25, 0.3) is 0 Å². The van der Waals surface area contributed by atoms with Crippen LogP contribution in [0.25, 0.3) is 17.1 Å². The second-order valence-electron chi connectivity index (χ2n) is 6.40. The van der Waals surface area contributed by atoms with E-state index in [2.05, 4.69) is 86.1 Å². The molecule has 1 aromatic heterocycles. The van der Waals surface area contributed by atoms with Gasteiger partial charge in [-0.1, -0.05) is 81.3 Å². The van der Waals surface area contributed by atoms with Gasteiger partial charge in [0.2, 0.25) is 0 Å². The molecule has 4 rings (SSSR count). The molecule has 0 bridgehead atoms. The Morgan fingerprint density at radius 3 is 2.43 bits per heavy atom. The van der Waals surface area contributed by atoms with Crippen LogP contribution in [0.2, 0.25) is 5.02 Å². The van der Waals surface area contributed by atoms with E-state index in [-0.39, 0.29) is 0 Å². The highest BCUT2D eigenvalue weighted by Crippen LogP contribution is 2.31. The second-order valence-corrected chi connectivity index (χ2v) is 8.70. The Morgan fingerprint density at radius 2 is 1.71 bits per heavy atom. The molecule has 0 unspecified atom stereocenters. The summed E-state index contributed by atoms with van der Waals surface area (Å²) in [5.74, 6) is 1.59. The molecule has 3 aromatic carbocycles. The summed E-state index contributed by atoms with van der Waals surface area (Å²) in [5.41, 5.74) is 4.42. The van der Waals surface area contributed by atoms with Gasteiger partial charge in [-0.2, -0.15) is 0 Å². The van der Waals surface area contributed by atoms with Gasteiger partial charge in [0.15, 0.2) is 11.0 Å². The van der Waals surface area contributed by atoms with E-state index in [1.807, 2.05) is 24.3 Å². The average molecular weight is 471 g/mol. The van der Waals surface area contributed by atoms with Gasteiger partial charge >= 0.3 is 0 Å². The molecule has 6 heteroatoms. The number of rotatable bonds is 5. The minimum Gasteiger partial charge on any atom is -0.270 e. The Labute approximate surface area is 181 Å². The topological polar surface area (TPSA) is 30.7 Å². The maximum Gasteiger partial charge on any atom is 0.196 e. The maximum absolute atomic E-state index is 6.21. The SMILES string of the molecule is Cc1ccc(-n2c(SCc3ccc(Br)cc3)nnc2-c2cccc(Cl)c2)cc1. The molecule has 0 spiro atoms. The maximum atomic E-state index is 6.21. The Morgan fingerprint density at radius 1 is 0.964 bits per heavy atom. The largest absolute Gasteiger partial charge is 0.270 e. The summed E-state index contributed by atoms with van der Waals surface area (Å²) in [7, 11) is 0. The van der Waals surface area contributed by atoms with Crippen LogP contribution in [0.5, 0.6) is 0 Å². The Balaban J connectivity index is 1.73. The van der Waals surface area contributed by atoms with Crippen molar-refractivity contribution in [3.63, 3.8) is 0 Å². The lowest BCUT2D eigenvalue weighted by Crippen LogP contribution is -2.00.